The summed E-state index contributed by atoms with van der Waals surface area (Å²) < 4.78 is 5.79. The van der Waals surface area contributed by atoms with Gasteiger partial charge in [0.05, 0.1) is 19.0 Å². The van der Waals surface area contributed by atoms with Gasteiger partial charge in [-0.25, -0.2) is 9.97 Å². The van der Waals surface area contributed by atoms with Crippen molar-refractivity contribution in [2.75, 3.05) is 18.5 Å². The van der Waals surface area contributed by atoms with Gasteiger partial charge in [-0.3, -0.25) is 9.69 Å². The van der Waals surface area contributed by atoms with Crippen molar-refractivity contribution in [1.29, 1.82) is 0 Å². The molecule has 1 aliphatic rings. The van der Waals surface area contributed by atoms with Crippen molar-refractivity contribution in [3.63, 3.8) is 0 Å². The zero-order valence-corrected chi connectivity index (χ0v) is 14.8. The Balaban J connectivity index is 1.65. The summed E-state index contributed by atoms with van der Waals surface area (Å²) in [6.45, 7) is 2.95. The lowest BCUT2D eigenvalue weighted by molar-refractivity contribution is -0.0611. The van der Waals surface area contributed by atoms with Crippen molar-refractivity contribution >= 4 is 11.7 Å². The number of nitrogens with zero attached hydrogens (tertiary/aromatic N) is 6. The molecule has 27 heavy (non-hydrogen) atoms. The minimum atomic E-state index is -0.623. The number of aryl methyl sites for hydroxylation is 1. The number of hydrogen-bond donors (Lipinski definition) is 1. The molecular weight excluding hydrogens is 346 g/mol. The number of ether oxygens (including phenoxy) is 1. The van der Waals surface area contributed by atoms with Gasteiger partial charge in [-0.15, -0.1) is 4.80 Å². The van der Waals surface area contributed by atoms with Crippen LogP contribution < -0.4 is 5.32 Å². The Labute approximate surface area is 156 Å². The smallest absolute Gasteiger partial charge is 0.278 e. The van der Waals surface area contributed by atoms with Gasteiger partial charge in [-0.1, -0.05) is 6.07 Å². The van der Waals surface area contributed by atoms with Crippen LogP contribution in [-0.4, -0.2) is 55.3 Å². The first-order valence-corrected chi connectivity index (χ1v) is 8.67. The molecule has 1 N–H and O–H groups in total. The number of rotatable bonds is 4. The number of amides is 1. The summed E-state index contributed by atoms with van der Waals surface area (Å²) in [7, 11) is 0. The van der Waals surface area contributed by atoms with E-state index >= 15 is 0 Å². The molecule has 1 fully saturated rings. The van der Waals surface area contributed by atoms with Gasteiger partial charge in [0.15, 0.2) is 5.69 Å². The second-order valence-corrected chi connectivity index (χ2v) is 6.07. The molecule has 1 atom stereocenters. The molecule has 0 aliphatic carbocycles. The fourth-order valence-electron chi connectivity index (χ4n) is 2.88. The van der Waals surface area contributed by atoms with E-state index in [1.165, 1.54) is 4.80 Å². The lowest BCUT2D eigenvalue weighted by atomic mass is 10.2. The van der Waals surface area contributed by atoms with Gasteiger partial charge >= 0.3 is 0 Å². The van der Waals surface area contributed by atoms with Gasteiger partial charge in [0.1, 0.15) is 11.5 Å². The normalized spacial score (nSPS) is 16.9. The molecule has 3 aromatic rings. The quantitative estimate of drug-likeness (QED) is 0.750. The highest BCUT2D eigenvalue weighted by Gasteiger charge is 2.31. The second-order valence-electron chi connectivity index (χ2n) is 6.07. The topological polar surface area (TPSA) is 98.1 Å². The monoisotopic (exact) mass is 365 g/mol. The number of anilines is 1. The molecular formula is C18H19N7O2. The summed E-state index contributed by atoms with van der Waals surface area (Å²) in [5.74, 6) is 0.382. The van der Waals surface area contributed by atoms with E-state index in [1.54, 1.807) is 29.6 Å². The number of carbonyl (C=O) groups excluding carboxylic acids is 1. The first-order chi connectivity index (χ1) is 13.2. The maximum absolute atomic E-state index is 13.3. The third-order valence-corrected chi connectivity index (χ3v) is 4.15. The zero-order valence-electron chi connectivity index (χ0n) is 14.8. The van der Waals surface area contributed by atoms with Crippen molar-refractivity contribution in [2.24, 2.45) is 0 Å². The van der Waals surface area contributed by atoms with Crippen molar-refractivity contribution in [3.05, 3.63) is 60.3 Å². The van der Waals surface area contributed by atoms with E-state index in [0.717, 1.165) is 12.1 Å². The predicted octanol–water partition coefficient (Wildman–Crippen LogP) is 1.62. The van der Waals surface area contributed by atoms with E-state index in [1.807, 2.05) is 31.2 Å². The van der Waals surface area contributed by atoms with Gasteiger partial charge in [-0.05, 0) is 37.6 Å². The zero-order chi connectivity index (χ0) is 18.6. The number of nitrogens with one attached hydrogen (secondary N) is 1. The Bertz CT molecular complexity index is 915. The fourth-order valence-corrected chi connectivity index (χ4v) is 2.88. The average Bonchev–Trinajstić information content (AvgIpc) is 3.23. The highest BCUT2D eigenvalue weighted by Crippen LogP contribution is 2.19. The summed E-state index contributed by atoms with van der Waals surface area (Å²) >= 11 is 0. The lowest BCUT2D eigenvalue weighted by Crippen LogP contribution is -2.51. The minimum absolute atomic E-state index is 0.251. The predicted molar refractivity (Wildman–Crippen MR) is 97.1 cm³/mol. The van der Waals surface area contributed by atoms with Gasteiger partial charge in [0, 0.05) is 18.4 Å². The van der Waals surface area contributed by atoms with E-state index in [4.69, 9.17) is 4.74 Å². The average molecular weight is 365 g/mol. The molecule has 0 saturated carbocycles. The SMILES string of the molecule is Cc1ccc(-n2nccn2)c(C(=O)N2CCCO[C@@H]2Nc2ccccn2)n1. The van der Waals surface area contributed by atoms with Crippen LogP contribution in [0.1, 0.15) is 22.6 Å². The summed E-state index contributed by atoms with van der Waals surface area (Å²) in [5.41, 5.74) is 1.55. The molecule has 0 radical (unpaired) electrons. The second kappa shape index (κ2) is 7.50. The molecule has 3 aromatic heterocycles. The molecule has 1 saturated heterocycles. The van der Waals surface area contributed by atoms with Gasteiger partial charge in [0.2, 0.25) is 6.35 Å². The van der Waals surface area contributed by atoms with Crippen molar-refractivity contribution in [2.45, 2.75) is 19.7 Å². The Hall–Kier alpha value is -3.33. The molecule has 0 spiro atoms. The maximum atomic E-state index is 13.3. The number of aromatic nitrogens is 5. The lowest BCUT2D eigenvalue weighted by Gasteiger charge is -2.36. The Morgan fingerprint density at radius 3 is 2.81 bits per heavy atom. The van der Waals surface area contributed by atoms with Crippen LogP contribution in [0.2, 0.25) is 0 Å². The molecule has 4 heterocycles. The van der Waals surface area contributed by atoms with Crippen LogP contribution in [0.4, 0.5) is 5.82 Å². The third kappa shape index (κ3) is 3.63. The molecule has 1 amide bonds. The van der Waals surface area contributed by atoms with E-state index in [0.29, 0.717) is 24.7 Å². The van der Waals surface area contributed by atoms with Crippen molar-refractivity contribution in [1.82, 2.24) is 29.9 Å². The van der Waals surface area contributed by atoms with Crippen LogP contribution in [0.5, 0.6) is 0 Å². The molecule has 0 bridgehead atoms. The van der Waals surface area contributed by atoms with Crippen LogP contribution in [-0.2, 0) is 4.74 Å². The standard InChI is InChI=1S/C18H19N7O2/c1-13-6-7-14(25-20-9-10-21-25)16(22-13)17(26)24-11-4-12-27-18(24)23-15-5-2-3-8-19-15/h2-3,5-10,18H,4,11-12H2,1H3,(H,19,23)/t18-/m1/s1. The summed E-state index contributed by atoms with van der Waals surface area (Å²) in [4.78, 5) is 25.0. The third-order valence-electron chi connectivity index (χ3n) is 4.15. The van der Waals surface area contributed by atoms with E-state index in [9.17, 15) is 4.79 Å². The molecule has 9 heteroatoms. The first kappa shape index (κ1) is 17.1. The molecule has 4 rings (SSSR count). The van der Waals surface area contributed by atoms with E-state index in [2.05, 4.69) is 25.5 Å². The van der Waals surface area contributed by atoms with Crippen LogP contribution in [0.15, 0.2) is 48.9 Å². The highest BCUT2D eigenvalue weighted by atomic mass is 16.5. The highest BCUT2D eigenvalue weighted by molar-refractivity contribution is 5.96. The number of carbonyl (C=O) groups is 1. The minimum Gasteiger partial charge on any atom is -0.340 e. The van der Waals surface area contributed by atoms with Crippen LogP contribution >= 0.6 is 0 Å². The molecule has 1 aliphatic heterocycles. The van der Waals surface area contributed by atoms with E-state index < -0.39 is 6.35 Å². The Morgan fingerprint density at radius 2 is 2.04 bits per heavy atom. The Morgan fingerprint density at radius 1 is 1.19 bits per heavy atom. The summed E-state index contributed by atoms with van der Waals surface area (Å²) in [6.07, 6.45) is 4.92. The van der Waals surface area contributed by atoms with Gasteiger partial charge < -0.3 is 10.1 Å². The maximum Gasteiger partial charge on any atom is 0.278 e. The summed E-state index contributed by atoms with van der Waals surface area (Å²) in [6, 6.07) is 9.14. The largest absolute Gasteiger partial charge is 0.340 e. The fraction of sp³-hybridized carbons (Fsp3) is 0.278. The van der Waals surface area contributed by atoms with Crippen LogP contribution in [0.25, 0.3) is 5.69 Å². The van der Waals surface area contributed by atoms with Crippen molar-refractivity contribution < 1.29 is 9.53 Å². The molecule has 0 aromatic carbocycles. The molecule has 9 nitrogen and oxygen atoms in total. The van der Waals surface area contributed by atoms with Crippen LogP contribution in [0.3, 0.4) is 0 Å². The molecule has 0 unspecified atom stereocenters. The van der Waals surface area contributed by atoms with Gasteiger partial charge in [0.25, 0.3) is 5.91 Å². The first-order valence-electron chi connectivity index (χ1n) is 8.67. The number of hydrogen-bond acceptors (Lipinski definition) is 7. The van der Waals surface area contributed by atoms with Crippen molar-refractivity contribution in [3.8, 4) is 5.69 Å². The Kier molecular flexibility index (Phi) is 4.75. The van der Waals surface area contributed by atoms with Gasteiger partial charge in [-0.2, -0.15) is 10.2 Å². The summed E-state index contributed by atoms with van der Waals surface area (Å²) in [5, 5.41) is 11.4. The molecule has 138 valence electrons. The number of pyridine rings is 2. The van der Waals surface area contributed by atoms with E-state index in [-0.39, 0.29) is 11.6 Å². The van der Waals surface area contributed by atoms with Crippen LogP contribution in [0, 0.1) is 6.92 Å².